The molecule has 1 aromatic carbocycles. The van der Waals surface area contributed by atoms with Crippen LogP contribution in [0, 0.1) is 6.92 Å². The van der Waals surface area contributed by atoms with Crippen molar-refractivity contribution in [2.24, 2.45) is 5.10 Å². The summed E-state index contributed by atoms with van der Waals surface area (Å²) in [5.41, 5.74) is 1.65. The number of nitrogens with zero attached hydrogens (tertiary/aromatic N) is 2. The Morgan fingerprint density at radius 3 is 2.76 bits per heavy atom. The van der Waals surface area contributed by atoms with E-state index in [1.165, 1.54) is 5.01 Å². The molecule has 9 heteroatoms. The summed E-state index contributed by atoms with van der Waals surface area (Å²) in [5, 5.41) is 8.67. The van der Waals surface area contributed by atoms with Gasteiger partial charge in [0.05, 0.1) is 17.5 Å². The lowest BCUT2D eigenvalue weighted by atomic mass is 10.1. The molecule has 25 heavy (non-hydrogen) atoms. The van der Waals surface area contributed by atoms with Gasteiger partial charge in [0.15, 0.2) is 9.84 Å². The number of nitrogens with one attached hydrogen (secondary N) is 1. The van der Waals surface area contributed by atoms with E-state index in [-0.39, 0.29) is 36.0 Å². The number of hydrogen-bond acceptors (Lipinski definition) is 5. The van der Waals surface area contributed by atoms with Crippen LogP contribution in [0.4, 0.5) is 5.69 Å². The van der Waals surface area contributed by atoms with Gasteiger partial charge in [-0.3, -0.25) is 9.59 Å². The quantitative estimate of drug-likeness (QED) is 0.860. The first-order valence-electron chi connectivity index (χ1n) is 7.92. The van der Waals surface area contributed by atoms with Crippen LogP contribution >= 0.6 is 11.6 Å². The van der Waals surface area contributed by atoms with Crippen LogP contribution in [-0.2, 0) is 19.4 Å². The maximum atomic E-state index is 12.5. The van der Waals surface area contributed by atoms with E-state index in [0.717, 1.165) is 5.56 Å². The smallest absolute Gasteiger partial charge is 0.271 e. The van der Waals surface area contributed by atoms with Gasteiger partial charge < -0.3 is 5.32 Å². The van der Waals surface area contributed by atoms with E-state index in [9.17, 15) is 18.0 Å². The van der Waals surface area contributed by atoms with Crippen molar-refractivity contribution in [3.8, 4) is 0 Å². The van der Waals surface area contributed by atoms with Crippen LogP contribution in [0.15, 0.2) is 23.3 Å². The fourth-order valence-corrected chi connectivity index (χ4v) is 4.87. The van der Waals surface area contributed by atoms with E-state index >= 15 is 0 Å². The van der Waals surface area contributed by atoms with E-state index in [0.29, 0.717) is 17.1 Å². The minimum Gasteiger partial charge on any atom is -0.321 e. The molecule has 1 fully saturated rings. The van der Waals surface area contributed by atoms with Crippen LogP contribution in [0.5, 0.6) is 0 Å². The second kappa shape index (κ2) is 6.76. The zero-order valence-corrected chi connectivity index (χ0v) is 15.2. The topological polar surface area (TPSA) is 95.9 Å². The summed E-state index contributed by atoms with van der Waals surface area (Å²) in [5.74, 6) is -0.708. The summed E-state index contributed by atoms with van der Waals surface area (Å²) in [4.78, 5) is 24.6. The maximum absolute atomic E-state index is 12.5. The average Bonchev–Trinajstić information content (AvgIpc) is 2.90. The summed E-state index contributed by atoms with van der Waals surface area (Å²) >= 11 is 5.90. The number of halogens is 1. The zero-order chi connectivity index (χ0) is 18.2. The van der Waals surface area contributed by atoms with Crippen molar-refractivity contribution < 1.29 is 18.0 Å². The summed E-state index contributed by atoms with van der Waals surface area (Å²) in [7, 11) is -3.14. The van der Waals surface area contributed by atoms with E-state index in [1.54, 1.807) is 18.2 Å². The van der Waals surface area contributed by atoms with Gasteiger partial charge in [-0.2, -0.15) is 5.10 Å². The lowest BCUT2D eigenvalue weighted by Crippen LogP contribution is -2.42. The molecule has 2 aliphatic rings. The molecule has 0 aliphatic carbocycles. The second-order valence-corrected chi connectivity index (χ2v) is 8.92. The maximum Gasteiger partial charge on any atom is 0.271 e. The van der Waals surface area contributed by atoms with Crippen molar-refractivity contribution in [1.82, 2.24) is 5.01 Å². The van der Waals surface area contributed by atoms with Crippen molar-refractivity contribution in [2.75, 3.05) is 16.8 Å². The number of benzene rings is 1. The molecule has 0 aromatic heterocycles. The van der Waals surface area contributed by atoms with Gasteiger partial charge in [0.25, 0.3) is 5.91 Å². The van der Waals surface area contributed by atoms with Gasteiger partial charge in [0.1, 0.15) is 5.71 Å². The lowest BCUT2D eigenvalue weighted by molar-refractivity contribution is -0.133. The van der Waals surface area contributed by atoms with Crippen molar-refractivity contribution in [1.29, 1.82) is 0 Å². The fourth-order valence-electron chi connectivity index (χ4n) is 2.95. The molecule has 2 aliphatic heterocycles. The van der Waals surface area contributed by atoms with Crippen molar-refractivity contribution in [3.05, 3.63) is 28.8 Å². The van der Waals surface area contributed by atoms with Gasteiger partial charge >= 0.3 is 0 Å². The highest BCUT2D eigenvalue weighted by Gasteiger charge is 2.37. The van der Waals surface area contributed by atoms with Crippen LogP contribution in [-0.4, -0.2) is 48.5 Å². The first-order valence-corrected chi connectivity index (χ1v) is 10.1. The van der Waals surface area contributed by atoms with Crippen LogP contribution in [0.1, 0.15) is 24.8 Å². The van der Waals surface area contributed by atoms with Gasteiger partial charge in [0.2, 0.25) is 5.91 Å². The molecule has 1 saturated heterocycles. The standard InChI is InChI=1S/C16H18ClN3O4S/c1-10-8-11(17)2-3-13(10)18-16(22)14-4-5-15(21)20(19-14)12-6-7-25(23,24)9-12/h2-3,8,12H,4-7,9H2,1H3,(H,18,22)/t12-/m0/s1. The third-order valence-corrected chi connectivity index (χ3v) is 6.30. The third-order valence-electron chi connectivity index (χ3n) is 4.31. The van der Waals surface area contributed by atoms with Crippen LogP contribution < -0.4 is 5.32 Å². The summed E-state index contributed by atoms with van der Waals surface area (Å²) in [6, 6.07) is 4.62. The number of anilines is 1. The lowest BCUT2D eigenvalue weighted by Gasteiger charge is -2.27. The predicted octanol–water partition coefficient (Wildman–Crippen LogP) is 1.75. The van der Waals surface area contributed by atoms with E-state index < -0.39 is 21.8 Å². The molecular weight excluding hydrogens is 366 g/mol. The number of carbonyl (C=O) groups excluding carboxylic acids is 2. The Balaban J connectivity index is 1.77. The molecule has 0 saturated carbocycles. The van der Waals surface area contributed by atoms with E-state index in [1.807, 2.05) is 6.92 Å². The number of amides is 2. The fraction of sp³-hybridized carbons (Fsp3) is 0.438. The second-order valence-electron chi connectivity index (χ2n) is 6.26. The number of aryl methyl sites for hydroxylation is 1. The Labute approximate surface area is 150 Å². The SMILES string of the molecule is Cc1cc(Cl)ccc1NC(=O)C1=NN([C@H]2CCS(=O)(=O)C2)C(=O)CC1. The van der Waals surface area contributed by atoms with Crippen molar-refractivity contribution in [2.45, 2.75) is 32.2 Å². The van der Waals surface area contributed by atoms with E-state index in [2.05, 4.69) is 10.4 Å². The molecule has 0 unspecified atom stereocenters. The van der Waals surface area contributed by atoms with Crippen LogP contribution in [0.3, 0.4) is 0 Å². The van der Waals surface area contributed by atoms with Crippen molar-refractivity contribution in [3.63, 3.8) is 0 Å². The molecule has 0 bridgehead atoms. The van der Waals surface area contributed by atoms with Crippen LogP contribution in [0.25, 0.3) is 0 Å². The number of sulfone groups is 1. The largest absolute Gasteiger partial charge is 0.321 e. The predicted molar refractivity (Wildman–Crippen MR) is 95.4 cm³/mol. The Kier molecular flexibility index (Phi) is 4.83. The minimum absolute atomic E-state index is 0.0441. The number of carbonyl (C=O) groups is 2. The average molecular weight is 384 g/mol. The molecule has 134 valence electrons. The van der Waals surface area contributed by atoms with Gasteiger partial charge in [0, 0.05) is 23.6 Å². The highest BCUT2D eigenvalue weighted by atomic mass is 35.5. The number of hydrogen-bond donors (Lipinski definition) is 1. The Bertz CT molecular complexity index is 866. The highest BCUT2D eigenvalue weighted by Crippen LogP contribution is 2.23. The molecule has 1 atom stereocenters. The minimum atomic E-state index is -3.14. The van der Waals surface area contributed by atoms with E-state index in [4.69, 9.17) is 11.6 Å². The number of rotatable bonds is 3. The molecule has 0 radical (unpaired) electrons. The molecule has 2 heterocycles. The molecule has 2 amide bonds. The molecule has 0 spiro atoms. The normalized spacial score (nSPS) is 22.6. The monoisotopic (exact) mass is 383 g/mol. The van der Waals surface area contributed by atoms with Gasteiger partial charge in [-0.1, -0.05) is 11.6 Å². The number of hydrazone groups is 1. The molecule has 1 N–H and O–H groups in total. The van der Waals surface area contributed by atoms with Gasteiger partial charge in [-0.15, -0.1) is 0 Å². The molecule has 3 rings (SSSR count). The molecular formula is C16H18ClN3O4S. The zero-order valence-electron chi connectivity index (χ0n) is 13.7. The third kappa shape index (κ3) is 4.01. The van der Waals surface area contributed by atoms with Gasteiger partial charge in [-0.05, 0) is 37.1 Å². The summed E-state index contributed by atoms with van der Waals surface area (Å²) in [6.07, 6.45) is 0.721. The first kappa shape index (κ1) is 17.9. The summed E-state index contributed by atoms with van der Waals surface area (Å²) < 4.78 is 23.3. The Morgan fingerprint density at radius 2 is 2.12 bits per heavy atom. The van der Waals surface area contributed by atoms with Gasteiger partial charge in [-0.25, -0.2) is 13.4 Å². The molecule has 1 aromatic rings. The highest BCUT2D eigenvalue weighted by molar-refractivity contribution is 7.91. The Hall–Kier alpha value is -1.93. The van der Waals surface area contributed by atoms with Crippen molar-refractivity contribution >= 4 is 44.7 Å². The Morgan fingerprint density at radius 1 is 1.36 bits per heavy atom. The first-order chi connectivity index (χ1) is 11.7. The van der Waals surface area contributed by atoms with Crippen LogP contribution in [0.2, 0.25) is 5.02 Å². The summed E-state index contributed by atoms with van der Waals surface area (Å²) in [6.45, 7) is 1.82. The molecule has 7 nitrogen and oxygen atoms in total.